The summed E-state index contributed by atoms with van der Waals surface area (Å²) in [6.07, 6.45) is 6.22. The molecule has 106 valence electrons. The van der Waals surface area contributed by atoms with E-state index >= 15 is 0 Å². The second kappa shape index (κ2) is 4.99. The second-order valence-electron chi connectivity index (χ2n) is 5.14. The molecule has 1 aliphatic carbocycles. The summed E-state index contributed by atoms with van der Waals surface area (Å²) in [5.41, 5.74) is -0.744. The predicted octanol–water partition coefficient (Wildman–Crippen LogP) is -0.0421. The number of nitrogens with zero attached hydrogens (tertiary/aromatic N) is 7. The topological polar surface area (TPSA) is 112 Å². The molecule has 1 N–H and O–H groups in total. The quantitative estimate of drug-likeness (QED) is 0.815. The molecule has 2 heterocycles. The molecular weight excluding hydrogens is 262 g/mol. The van der Waals surface area contributed by atoms with Gasteiger partial charge >= 0.3 is 5.97 Å². The van der Waals surface area contributed by atoms with Crippen LogP contribution in [-0.2, 0) is 17.9 Å². The number of tetrazole rings is 1. The Morgan fingerprint density at radius 2 is 2.20 bits per heavy atom. The molecule has 0 aliphatic heterocycles. The molecule has 1 saturated carbocycles. The monoisotopic (exact) mass is 277 g/mol. The normalized spacial score (nSPS) is 17.4. The van der Waals surface area contributed by atoms with Crippen LogP contribution in [0.1, 0.15) is 31.5 Å². The third-order valence-electron chi connectivity index (χ3n) is 3.84. The fourth-order valence-electron chi connectivity index (χ4n) is 2.70. The molecule has 0 unspecified atom stereocenters. The van der Waals surface area contributed by atoms with Gasteiger partial charge in [0.25, 0.3) is 0 Å². The van der Waals surface area contributed by atoms with Gasteiger partial charge in [-0.15, -0.1) is 5.10 Å². The molecule has 2 aromatic rings. The molecule has 0 atom stereocenters. The highest BCUT2D eigenvalue weighted by Crippen LogP contribution is 2.39. The van der Waals surface area contributed by atoms with Crippen LogP contribution in [0.15, 0.2) is 12.7 Å². The van der Waals surface area contributed by atoms with Gasteiger partial charge in [-0.3, -0.25) is 4.79 Å². The highest BCUT2D eigenvalue weighted by atomic mass is 16.4. The van der Waals surface area contributed by atoms with Crippen LogP contribution < -0.4 is 0 Å². The molecule has 3 rings (SSSR count). The van der Waals surface area contributed by atoms with Crippen molar-refractivity contribution in [3.8, 4) is 0 Å². The fraction of sp³-hybridized carbons (Fsp3) is 0.636. The zero-order valence-electron chi connectivity index (χ0n) is 10.9. The highest BCUT2D eigenvalue weighted by molar-refractivity contribution is 5.74. The summed E-state index contributed by atoms with van der Waals surface area (Å²) in [6.45, 7) is 0.683. The van der Waals surface area contributed by atoms with Gasteiger partial charge in [0.2, 0.25) is 0 Å². The molecule has 0 aromatic carbocycles. The molecule has 20 heavy (non-hydrogen) atoms. The number of aromatic nitrogens is 7. The van der Waals surface area contributed by atoms with Gasteiger partial charge in [-0.25, -0.2) is 14.3 Å². The number of carboxylic acids is 1. The van der Waals surface area contributed by atoms with Crippen molar-refractivity contribution in [3.05, 3.63) is 18.5 Å². The van der Waals surface area contributed by atoms with Crippen molar-refractivity contribution in [1.82, 2.24) is 35.0 Å². The first kappa shape index (κ1) is 12.7. The highest BCUT2D eigenvalue weighted by Gasteiger charge is 2.42. The predicted molar refractivity (Wildman–Crippen MR) is 65.5 cm³/mol. The van der Waals surface area contributed by atoms with Gasteiger partial charge in [-0.1, -0.05) is 12.8 Å². The molecule has 9 heteroatoms. The van der Waals surface area contributed by atoms with Crippen LogP contribution >= 0.6 is 0 Å². The van der Waals surface area contributed by atoms with Crippen molar-refractivity contribution in [3.63, 3.8) is 0 Å². The lowest BCUT2D eigenvalue weighted by Gasteiger charge is -2.23. The summed E-state index contributed by atoms with van der Waals surface area (Å²) in [4.78, 5) is 15.4. The molecule has 0 spiro atoms. The average molecular weight is 277 g/mol. The molecule has 0 radical (unpaired) electrons. The average Bonchev–Trinajstić information content (AvgIpc) is 3.14. The first-order valence-electron chi connectivity index (χ1n) is 6.50. The van der Waals surface area contributed by atoms with Gasteiger partial charge in [0.1, 0.15) is 19.2 Å². The largest absolute Gasteiger partial charge is 0.481 e. The van der Waals surface area contributed by atoms with E-state index in [1.54, 1.807) is 15.7 Å². The van der Waals surface area contributed by atoms with E-state index in [2.05, 4.69) is 25.6 Å². The molecule has 0 bridgehead atoms. The lowest BCUT2D eigenvalue weighted by atomic mass is 9.86. The Balaban J connectivity index is 1.81. The van der Waals surface area contributed by atoms with Crippen LogP contribution in [-0.4, -0.2) is 46.0 Å². The first-order chi connectivity index (χ1) is 9.70. The molecule has 9 nitrogen and oxygen atoms in total. The van der Waals surface area contributed by atoms with Crippen molar-refractivity contribution in [1.29, 1.82) is 0 Å². The Morgan fingerprint density at radius 3 is 2.85 bits per heavy atom. The molecule has 0 saturated heterocycles. The minimum Gasteiger partial charge on any atom is -0.481 e. The van der Waals surface area contributed by atoms with Crippen molar-refractivity contribution in [2.45, 2.75) is 38.8 Å². The SMILES string of the molecule is O=C(O)C1(Cn2nnnc2Cn2cncn2)CCCC1. The van der Waals surface area contributed by atoms with Crippen LogP contribution in [0.5, 0.6) is 0 Å². The number of carbonyl (C=O) groups is 1. The third kappa shape index (κ3) is 2.26. The van der Waals surface area contributed by atoms with E-state index < -0.39 is 11.4 Å². The number of hydrogen-bond donors (Lipinski definition) is 1. The Kier molecular flexibility index (Phi) is 3.17. The molecule has 1 aliphatic rings. The summed E-state index contributed by atoms with van der Waals surface area (Å²) in [7, 11) is 0. The minimum absolute atomic E-state index is 0.305. The Morgan fingerprint density at radius 1 is 1.40 bits per heavy atom. The number of hydrogen-bond acceptors (Lipinski definition) is 6. The second-order valence-corrected chi connectivity index (χ2v) is 5.14. The van der Waals surface area contributed by atoms with E-state index in [4.69, 9.17) is 0 Å². The van der Waals surface area contributed by atoms with E-state index in [-0.39, 0.29) is 0 Å². The van der Waals surface area contributed by atoms with Crippen molar-refractivity contribution in [2.24, 2.45) is 5.41 Å². The van der Waals surface area contributed by atoms with E-state index in [9.17, 15) is 9.90 Å². The number of carboxylic acid groups (broad SMARTS) is 1. The van der Waals surface area contributed by atoms with Crippen LogP contribution in [0.2, 0.25) is 0 Å². The Hall–Kier alpha value is -2.32. The summed E-state index contributed by atoms with van der Waals surface area (Å²) in [5, 5.41) is 25.0. The fourth-order valence-corrected chi connectivity index (χ4v) is 2.70. The molecular formula is C11H15N7O2. The van der Waals surface area contributed by atoms with Gasteiger partial charge in [0.05, 0.1) is 12.0 Å². The number of aliphatic carboxylic acids is 1. The molecule has 0 amide bonds. The van der Waals surface area contributed by atoms with Crippen molar-refractivity contribution >= 4 is 5.97 Å². The van der Waals surface area contributed by atoms with Gasteiger partial charge in [0.15, 0.2) is 5.82 Å². The van der Waals surface area contributed by atoms with Crippen LogP contribution in [0.25, 0.3) is 0 Å². The van der Waals surface area contributed by atoms with Crippen LogP contribution in [0.4, 0.5) is 0 Å². The van der Waals surface area contributed by atoms with Gasteiger partial charge < -0.3 is 5.11 Å². The molecule has 2 aromatic heterocycles. The van der Waals surface area contributed by atoms with Gasteiger partial charge in [-0.2, -0.15) is 5.10 Å². The summed E-state index contributed by atoms with van der Waals surface area (Å²) < 4.78 is 3.17. The zero-order chi connectivity index (χ0) is 14.0. The van der Waals surface area contributed by atoms with Crippen LogP contribution in [0.3, 0.4) is 0 Å². The first-order valence-corrected chi connectivity index (χ1v) is 6.50. The van der Waals surface area contributed by atoms with Gasteiger partial charge in [0, 0.05) is 0 Å². The van der Waals surface area contributed by atoms with Crippen LogP contribution in [0, 0.1) is 5.41 Å². The zero-order valence-corrected chi connectivity index (χ0v) is 10.9. The van der Waals surface area contributed by atoms with Crippen molar-refractivity contribution < 1.29 is 9.90 Å². The lowest BCUT2D eigenvalue weighted by Crippen LogP contribution is -2.34. The Labute approximate surface area is 114 Å². The number of rotatable bonds is 5. The maximum atomic E-state index is 11.6. The van der Waals surface area contributed by atoms with Gasteiger partial charge in [-0.05, 0) is 23.3 Å². The van der Waals surface area contributed by atoms with E-state index in [0.29, 0.717) is 31.8 Å². The Bertz CT molecular complexity index is 586. The summed E-state index contributed by atoms with van der Waals surface area (Å²) >= 11 is 0. The smallest absolute Gasteiger partial charge is 0.311 e. The molecule has 1 fully saturated rings. The maximum absolute atomic E-state index is 11.6. The standard InChI is InChI=1S/C11H15N7O2/c19-10(20)11(3-1-2-4-11)6-18-9(14-15-16-18)5-17-8-12-7-13-17/h7-8H,1-6H2,(H,19,20). The third-order valence-corrected chi connectivity index (χ3v) is 3.84. The van der Waals surface area contributed by atoms with Crippen molar-refractivity contribution in [2.75, 3.05) is 0 Å². The van der Waals surface area contributed by atoms with E-state index in [1.165, 1.54) is 6.33 Å². The maximum Gasteiger partial charge on any atom is 0.311 e. The minimum atomic E-state index is -0.766. The lowest BCUT2D eigenvalue weighted by molar-refractivity contribution is -0.149. The van der Waals surface area contributed by atoms with E-state index in [1.807, 2.05) is 0 Å². The summed E-state index contributed by atoms with van der Waals surface area (Å²) in [6, 6.07) is 0. The summed E-state index contributed by atoms with van der Waals surface area (Å²) in [5.74, 6) is -0.180. The van der Waals surface area contributed by atoms with E-state index in [0.717, 1.165) is 12.8 Å².